The van der Waals surface area contributed by atoms with Crippen molar-refractivity contribution in [2.75, 3.05) is 13.2 Å². The van der Waals surface area contributed by atoms with Crippen LogP contribution < -0.4 is 10.1 Å². The van der Waals surface area contributed by atoms with Crippen LogP contribution in [-0.2, 0) is 0 Å². The van der Waals surface area contributed by atoms with Crippen molar-refractivity contribution in [1.82, 2.24) is 5.32 Å². The maximum atomic E-state index is 9.57. The predicted octanol–water partition coefficient (Wildman–Crippen LogP) is 3.52. The molecule has 2 aromatic carbocycles. The Hall–Kier alpha value is -1.81. The summed E-state index contributed by atoms with van der Waals surface area (Å²) < 4.78 is 6.02. The molecule has 23 heavy (non-hydrogen) atoms. The summed E-state index contributed by atoms with van der Waals surface area (Å²) in [6, 6.07) is 16.4. The van der Waals surface area contributed by atoms with Gasteiger partial charge >= 0.3 is 0 Å². The van der Waals surface area contributed by atoms with Crippen LogP contribution in [0.5, 0.6) is 5.75 Å². The number of hydrogen-bond donors (Lipinski definition) is 2. The molecule has 0 radical (unpaired) electrons. The Labute approximate surface area is 143 Å². The maximum absolute atomic E-state index is 9.57. The number of rotatable bonds is 5. The van der Waals surface area contributed by atoms with Gasteiger partial charge in [0, 0.05) is 18.2 Å². The molecule has 0 bridgehead atoms. The zero-order valence-electron chi connectivity index (χ0n) is 12.9. The predicted molar refractivity (Wildman–Crippen MR) is 97.1 cm³/mol. The standard InChI is InChI=1S/C19H21NO2.ClH/c1-2-14-7-3-4-8-17(14)18-9-5-6-10-19(18)22-13-15-11-16(21)12-20-15;/h2-10,15-16,20-21H,1,11-13H2;1H/t15?,16-;/m1./s1. The van der Waals surface area contributed by atoms with Gasteiger partial charge in [-0.1, -0.05) is 55.1 Å². The molecule has 4 heteroatoms. The lowest BCUT2D eigenvalue weighted by molar-refractivity contribution is 0.187. The SMILES string of the molecule is C=Cc1ccccc1-c1ccccc1OCC1C[C@@H](O)CN1.Cl. The molecule has 2 atom stereocenters. The van der Waals surface area contributed by atoms with Crippen molar-refractivity contribution in [2.24, 2.45) is 0 Å². The van der Waals surface area contributed by atoms with Crippen LogP contribution in [0.2, 0.25) is 0 Å². The van der Waals surface area contributed by atoms with Gasteiger partial charge in [0.25, 0.3) is 0 Å². The van der Waals surface area contributed by atoms with Crippen molar-refractivity contribution >= 4 is 18.5 Å². The molecule has 2 N–H and O–H groups in total. The summed E-state index contributed by atoms with van der Waals surface area (Å²) in [5.74, 6) is 0.861. The second-order valence-electron chi connectivity index (χ2n) is 5.59. The minimum atomic E-state index is -0.259. The fourth-order valence-corrected chi connectivity index (χ4v) is 2.85. The molecule has 1 saturated heterocycles. The number of halogens is 1. The number of β-amino-alcohol motifs (C(OH)–C–C–N with tert-alkyl or cyclic N) is 1. The summed E-state index contributed by atoms with van der Waals surface area (Å²) >= 11 is 0. The molecule has 0 aromatic heterocycles. The zero-order chi connectivity index (χ0) is 15.4. The highest BCUT2D eigenvalue weighted by atomic mass is 35.5. The fraction of sp³-hybridized carbons (Fsp3) is 0.263. The molecule has 2 aromatic rings. The molecule has 3 rings (SSSR count). The minimum Gasteiger partial charge on any atom is -0.491 e. The molecule has 122 valence electrons. The molecule has 0 saturated carbocycles. The molecule has 0 amide bonds. The average molecular weight is 332 g/mol. The monoisotopic (exact) mass is 331 g/mol. The van der Waals surface area contributed by atoms with Gasteiger partial charge in [-0.2, -0.15) is 0 Å². The first kappa shape index (κ1) is 17.5. The first-order valence-electron chi connectivity index (χ1n) is 7.63. The lowest BCUT2D eigenvalue weighted by Crippen LogP contribution is -2.28. The Morgan fingerprint density at radius 3 is 2.52 bits per heavy atom. The summed E-state index contributed by atoms with van der Waals surface area (Å²) in [6.07, 6.45) is 2.34. The number of para-hydroxylation sites is 1. The second-order valence-corrected chi connectivity index (χ2v) is 5.59. The van der Waals surface area contributed by atoms with Gasteiger partial charge in [0.2, 0.25) is 0 Å². The molecular weight excluding hydrogens is 310 g/mol. The number of benzene rings is 2. The van der Waals surface area contributed by atoms with Gasteiger partial charge in [0.1, 0.15) is 12.4 Å². The number of aliphatic hydroxyl groups is 1. The number of nitrogens with one attached hydrogen (secondary N) is 1. The summed E-state index contributed by atoms with van der Waals surface area (Å²) in [4.78, 5) is 0. The molecule has 1 heterocycles. The van der Waals surface area contributed by atoms with E-state index in [0.29, 0.717) is 13.2 Å². The Bertz CT molecular complexity index is 659. The van der Waals surface area contributed by atoms with E-state index in [9.17, 15) is 5.11 Å². The van der Waals surface area contributed by atoms with Crippen molar-refractivity contribution in [3.05, 3.63) is 60.7 Å². The van der Waals surface area contributed by atoms with Crippen LogP contribution in [0.4, 0.5) is 0 Å². The largest absolute Gasteiger partial charge is 0.491 e. The van der Waals surface area contributed by atoms with E-state index in [1.807, 2.05) is 42.5 Å². The summed E-state index contributed by atoms with van der Waals surface area (Å²) in [6.45, 7) is 5.09. The van der Waals surface area contributed by atoms with E-state index in [1.54, 1.807) is 0 Å². The van der Waals surface area contributed by atoms with E-state index in [0.717, 1.165) is 28.9 Å². The van der Waals surface area contributed by atoms with E-state index in [4.69, 9.17) is 4.74 Å². The summed E-state index contributed by atoms with van der Waals surface area (Å²) in [5.41, 5.74) is 3.28. The lowest BCUT2D eigenvalue weighted by atomic mass is 9.99. The van der Waals surface area contributed by atoms with Crippen LogP contribution in [0.3, 0.4) is 0 Å². The summed E-state index contributed by atoms with van der Waals surface area (Å²) in [5, 5.41) is 12.8. The van der Waals surface area contributed by atoms with Crippen molar-refractivity contribution in [3.63, 3.8) is 0 Å². The van der Waals surface area contributed by atoms with Gasteiger partial charge in [0.05, 0.1) is 6.10 Å². The van der Waals surface area contributed by atoms with E-state index in [-0.39, 0.29) is 24.6 Å². The third kappa shape index (κ3) is 4.14. The Kier molecular flexibility index (Phi) is 6.22. The van der Waals surface area contributed by atoms with Gasteiger partial charge in [-0.05, 0) is 23.6 Å². The highest BCUT2D eigenvalue weighted by molar-refractivity contribution is 5.85. The van der Waals surface area contributed by atoms with Crippen molar-refractivity contribution in [1.29, 1.82) is 0 Å². The molecule has 3 nitrogen and oxygen atoms in total. The normalized spacial score (nSPS) is 19.9. The first-order chi connectivity index (χ1) is 10.8. The van der Waals surface area contributed by atoms with E-state index in [1.165, 1.54) is 0 Å². The van der Waals surface area contributed by atoms with Gasteiger partial charge in [-0.3, -0.25) is 0 Å². The topological polar surface area (TPSA) is 41.5 Å². The van der Waals surface area contributed by atoms with Gasteiger partial charge in [-0.15, -0.1) is 12.4 Å². The molecule has 0 aliphatic carbocycles. The minimum absolute atomic E-state index is 0. The maximum Gasteiger partial charge on any atom is 0.127 e. The molecule has 1 fully saturated rings. The van der Waals surface area contributed by atoms with Crippen LogP contribution in [0, 0.1) is 0 Å². The van der Waals surface area contributed by atoms with Crippen LogP contribution in [0.25, 0.3) is 17.2 Å². The number of hydrogen-bond acceptors (Lipinski definition) is 3. The molecular formula is C19H22ClNO2. The third-order valence-corrected chi connectivity index (χ3v) is 4.00. The molecule has 0 spiro atoms. The zero-order valence-corrected chi connectivity index (χ0v) is 13.8. The second kappa shape index (κ2) is 8.16. The lowest BCUT2D eigenvalue weighted by Gasteiger charge is -2.16. The average Bonchev–Trinajstić information content (AvgIpc) is 2.98. The van der Waals surface area contributed by atoms with E-state index in [2.05, 4.69) is 24.0 Å². The first-order valence-corrected chi connectivity index (χ1v) is 7.63. The summed E-state index contributed by atoms with van der Waals surface area (Å²) in [7, 11) is 0. The molecule has 1 aliphatic heterocycles. The van der Waals surface area contributed by atoms with Gasteiger partial charge in [-0.25, -0.2) is 0 Å². The molecule has 1 aliphatic rings. The van der Waals surface area contributed by atoms with Crippen LogP contribution in [0.1, 0.15) is 12.0 Å². The van der Waals surface area contributed by atoms with Crippen molar-refractivity contribution < 1.29 is 9.84 Å². The van der Waals surface area contributed by atoms with Crippen LogP contribution in [0.15, 0.2) is 55.1 Å². The highest BCUT2D eigenvalue weighted by Crippen LogP contribution is 2.33. The molecule has 1 unspecified atom stereocenters. The third-order valence-electron chi connectivity index (χ3n) is 4.00. The smallest absolute Gasteiger partial charge is 0.127 e. The van der Waals surface area contributed by atoms with Crippen molar-refractivity contribution in [3.8, 4) is 16.9 Å². The highest BCUT2D eigenvalue weighted by Gasteiger charge is 2.22. The number of ether oxygens (including phenoxy) is 1. The van der Waals surface area contributed by atoms with Gasteiger partial charge < -0.3 is 15.2 Å². The number of aliphatic hydroxyl groups excluding tert-OH is 1. The van der Waals surface area contributed by atoms with Crippen LogP contribution >= 0.6 is 12.4 Å². The van der Waals surface area contributed by atoms with Gasteiger partial charge in [0.15, 0.2) is 0 Å². The Morgan fingerprint density at radius 2 is 1.83 bits per heavy atom. The fourth-order valence-electron chi connectivity index (χ4n) is 2.85. The van der Waals surface area contributed by atoms with E-state index >= 15 is 0 Å². The van der Waals surface area contributed by atoms with E-state index < -0.39 is 0 Å². The Morgan fingerprint density at radius 1 is 1.13 bits per heavy atom. The quantitative estimate of drug-likeness (QED) is 0.880. The van der Waals surface area contributed by atoms with Crippen molar-refractivity contribution in [2.45, 2.75) is 18.6 Å². The van der Waals surface area contributed by atoms with Crippen LogP contribution in [-0.4, -0.2) is 30.4 Å². The Balaban J connectivity index is 0.00000192.